The van der Waals surface area contributed by atoms with E-state index in [-0.39, 0.29) is 6.10 Å². The Morgan fingerprint density at radius 2 is 2.32 bits per heavy atom. The number of rotatable bonds is 5. The molecule has 0 spiro atoms. The minimum atomic E-state index is 0.0803. The van der Waals surface area contributed by atoms with Crippen molar-refractivity contribution in [1.29, 1.82) is 5.26 Å². The zero-order valence-corrected chi connectivity index (χ0v) is 12.0. The van der Waals surface area contributed by atoms with E-state index in [0.29, 0.717) is 30.4 Å². The average Bonchev–Trinajstić information content (AvgIpc) is 3.06. The molecule has 0 radical (unpaired) electrons. The molecule has 1 N–H and O–H groups in total. The van der Waals surface area contributed by atoms with Crippen molar-refractivity contribution in [3.8, 4) is 11.9 Å². The number of aromatic nitrogens is 2. The Balaban J connectivity index is 1.64. The molecule has 1 saturated heterocycles. The number of hydrogen-bond acceptors (Lipinski definition) is 6. The van der Waals surface area contributed by atoms with Gasteiger partial charge in [0.25, 0.3) is 0 Å². The molecule has 6 heteroatoms. The van der Waals surface area contributed by atoms with Crippen LogP contribution in [0.25, 0.3) is 0 Å². The highest BCUT2D eigenvalue weighted by Crippen LogP contribution is 2.17. The van der Waals surface area contributed by atoms with Crippen LogP contribution >= 0.6 is 0 Å². The normalized spacial score (nSPS) is 17.0. The molecule has 112 valence electrons. The van der Waals surface area contributed by atoms with Gasteiger partial charge < -0.3 is 14.8 Å². The van der Waals surface area contributed by atoms with Crippen LogP contribution in [0.1, 0.15) is 17.5 Å². The fraction of sp³-hybridized carbons (Fsp3) is 0.312. The van der Waals surface area contributed by atoms with Crippen molar-refractivity contribution in [1.82, 2.24) is 9.97 Å². The van der Waals surface area contributed by atoms with Crippen LogP contribution in [0.15, 0.2) is 36.7 Å². The SMILES string of the molecule is N#Cc1cccnc1NCc1ccnc(OC2CCOC2)c1. The lowest BCUT2D eigenvalue weighted by Gasteiger charge is -2.12. The van der Waals surface area contributed by atoms with E-state index in [9.17, 15) is 0 Å². The lowest BCUT2D eigenvalue weighted by molar-refractivity contribution is 0.138. The molecule has 6 nitrogen and oxygen atoms in total. The van der Waals surface area contributed by atoms with E-state index in [1.54, 1.807) is 24.5 Å². The first kappa shape index (κ1) is 14.3. The lowest BCUT2D eigenvalue weighted by atomic mass is 10.2. The van der Waals surface area contributed by atoms with Gasteiger partial charge in [0.2, 0.25) is 5.88 Å². The molecular formula is C16H16N4O2. The van der Waals surface area contributed by atoms with Gasteiger partial charge in [-0.25, -0.2) is 9.97 Å². The summed E-state index contributed by atoms with van der Waals surface area (Å²) in [6.07, 6.45) is 4.34. The summed E-state index contributed by atoms with van der Waals surface area (Å²) in [6, 6.07) is 9.38. The minimum Gasteiger partial charge on any atom is -0.472 e. The number of nitrogens with one attached hydrogen (secondary N) is 1. The van der Waals surface area contributed by atoms with Gasteiger partial charge in [-0.15, -0.1) is 0 Å². The van der Waals surface area contributed by atoms with Crippen LogP contribution in [0.2, 0.25) is 0 Å². The average molecular weight is 296 g/mol. The highest BCUT2D eigenvalue weighted by atomic mass is 16.5. The third kappa shape index (κ3) is 3.51. The largest absolute Gasteiger partial charge is 0.472 e. The van der Waals surface area contributed by atoms with Gasteiger partial charge in [-0.1, -0.05) is 0 Å². The fourth-order valence-electron chi connectivity index (χ4n) is 2.22. The second-order valence-electron chi connectivity index (χ2n) is 4.97. The van der Waals surface area contributed by atoms with Gasteiger partial charge in [-0.3, -0.25) is 0 Å². The maximum absolute atomic E-state index is 9.05. The molecular weight excluding hydrogens is 280 g/mol. The van der Waals surface area contributed by atoms with Gasteiger partial charge in [0.15, 0.2) is 0 Å². The van der Waals surface area contributed by atoms with Gasteiger partial charge in [-0.05, 0) is 23.8 Å². The maximum atomic E-state index is 9.05. The first-order valence-corrected chi connectivity index (χ1v) is 7.13. The van der Waals surface area contributed by atoms with Gasteiger partial charge in [0, 0.05) is 31.4 Å². The summed E-state index contributed by atoms with van der Waals surface area (Å²) in [7, 11) is 0. The van der Waals surface area contributed by atoms with Crippen molar-refractivity contribution in [2.24, 2.45) is 0 Å². The van der Waals surface area contributed by atoms with Gasteiger partial charge in [0.05, 0.1) is 18.8 Å². The van der Waals surface area contributed by atoms with Crippen molar-refractivity contribution in [2.75, 3.05) is 18.5 Å². The molecule has 1 aliphatic heterocycles. The van der Waals surface area contributed by atoms with E-state index in [1.165, 1.54) is 0 Å². The molecule has 1 fully saturated rings. The van der Waals surface area contributed by atoms with Crippen LogP contribution in [-0.4, -0.2) is 29.3 Å². The second kappa shape index (κ2) is 6.87. The fourth-order valence-corrected chi connectivity index (χ4v) is 2.22. The first-order chi connectivity index (χ1) is 10.8. The monoisotopic (exact) mass is 296 g/mol. The maximum Gasteiger partial charge on any atom is 0.213 e. The minimum absolute atomic E-state index is 0.0803. The van der Waals surface area contributed by atoms with Crippen LogP contribution in [0.3, 0.4) is 0 Å². The molecule has 22 heavy (non-hydrogen) atoms. The molecule has 0 bridgehead atoms. The summed E-state index contributed by atoms with van der Waals surface area (Å²) in [5.74, 6) is 1.17. The van der Waals surface area contributed by atoms with E-state index in [1.807, 2.05) is 12.1 Å². The second-order valence-corrected chi connectivity index (χ2v) is 4.97. The van der Waals surface area contributed by atoms with E-state index in [4.69, 9.17) is 14.7 Å². The van der Waals surface area contributed by atoms with E-state index in [2.05, 4.69) is 21.4 Å². The van der Waals surface area contributed by atoms with Crippen LogP contribution in [-0.2, 0) is 11.3 Å². The van der Waals surface area contributed by atoms with Crippen molar-refractivity contribution < 1.29 is 9.47 Å². The zero-order valence-electron chi connectivity index (χ0n) is 12.0. The van der Waals surface area contributed by atoms with Crippen LogP contribution in [0.5, 0.6) is 5.88 Å². The van der Waals surface area contributed by atoms with E-state index in [0.717, 1.165) is 18.6 Å². The molecule has 3 rings (SSSR count). The van der Waals surface area contributed by atoms with Gasteiger partial charge >= 0.3 is 0 Å². The zero-order chi connectivity index (χ0) is 15.2. The molecule has 0 aliphatic carbocycles. The Morgan fingerprint density at radius 1 is 1.36 bits per heavy atom. The standard InChI is InChI=1S/C16H16N4O2/c17-9-13-2-1-5-19-16(13)20-10-12-3-6-18-15(8-12)22-14-4-7-21-11-14/h1-3,5-6,8,14H,4,7,10-11H2,(H,19,20). The first-order valence-electron chi connectivity index (χ1n) is 7.13. The van der Waals surface area contributed by atoms with Crippen molar-refractivity contribution in [3.05, 3.63) is 47.8 Å². The quantitative estimate of drug-likeness (QED) is 0.910. The summed E-state index contributed by atoms with van der Waals surface area (Å²) < 4.78 is 11.1. The molecule has 1 atom stereocenters. The predicted octanol–water partition coefficient (Wildman–Crippen LogP) is 2.13. The van der Waals surface area contributed by atoms with Crippen molar-refractivity contribution in [3.63, 3.8) is 0 Å². The Labute approximate surface area is 128 Å². The number of hydrogen-bond donors (Lipinski definition) is 1. The Bertz CT molecular complexity index is 678. The molecule has 0 amide bonds. The lowest BCUT2D eigenvalue weighted by Crippen LogP contribution is -2.16. The Hall–Kier alpha value is -2.65. The molecule has 0 saturated carbocycles. The van der Waals surface area contributed by atoms with Crippen LogP contribution in [0.4, 0.5) is 5.82 Å². The molecule has 2 aromatic heterocycles. The third-order valence-electron chi connectivity index (χ3n) is 3.36. The van der Waals surface area contributed by atoms with Crippen LogP contribution in [0, 0.1) is 11.3 Å². The topological polar surface area (TPSA) is 80.1 Å². The molecule has 0 aromatic carbocycles. The molecule has 1 unspecified atom stereocenters. The third-order valence-corrected chi connectivity index (χ3v) is 3.36. The number of ether oxygens (including phenoxy) is 2. The summed E-state index contributed by atoms with van der Waals surface area (Å²) >= 11 is 0. The van der Waals surface area contributed by atoms with E-state index < -0.39 is 0 Å². The predicted molar refractivity (Wildman–Crippen MR) is 80.4 cm³/mol. The molecule has 1 aliphatic rings. The Morgan fingerprint density at radius 3 is 3.14 bits per heavy atom. The van der Waals surface area contributed by atoms with E-state index >= 15 is 0 Å². The number of pyridine rings is 2. The van der Waals surface area contributed by atoms with Crippen LogP contribution < -0.4 is 10.1 Å². The van der Waals surface area contributed by atoms with Gasteiger partial charge in [0.1, 0.15) is 18.0 Å². The summed E-state index contributed by atoms with van der Waals surface area (Å²) in [6.45, 7) is 1.90. The molecule has 3 heterocycles. The molecule has 2 aromatic rings. The summed E-state index contributed by atoms with van der Waals surface area (Å²) in [5.41, 5.74) is 1.54. The highest BCUT2D eigenvalue weighted by Gasteiger charge is 2.17. The summed E-state index contributed by atoms with van der Waals surface area (Å²) in [4.78, 5) is 8.39. The summed E-state index contributed by atoms with van der Waals surface area (Å²) in [5, 5.41) is 12.2. The highest BCUT2D eigenvalue weighted by molar-refractivity contribution is 5.51. The Kier molecular flexibility index (Phi) is 4.47. The number of nitrogens with zero attached hydrogens (tertiary/aromatic N) is 3. The number of anilines is 1. The smallest absolute Gasteiger partial charge is 0.213 e. The van der Waals surface area contributed by atoms with Gasteiger partial charge in [-0.2, -0.15) is 5.26 Å². The van der Waals surface area contributed by atoms with Crippen molar-refractivity contribution >= 4 is 5.82 Å². The number of nitriles is 1. The van der Waals surface area contributed by atoms with Crippen molar-refractivity contribution in [2.45, 2.75) is 19.1 Å².